The van der Waals surface area contributed by atoms with E-state index < -0.39 is 0 Å². The number of carbonyl (C=O) groups excluding carboxylic acids is 1. The normalized spacial score (nSPS) is 10.6. The SMILES string of the molecule is Cc1c(C(=O)NCCCN)cnn1-c1ccccc1Cl. The number of hydrogen-bond acceptors (Lipinski definition) is 3. The van der Waals surface area contributed by atoms with Crippen molar-refractivity contribution in [2.45, 2.75) is 13.3 Å². The van der Waals surface area contributed by atoms with Gasteiger partial charge in [0.15, 0.2) is 0 Å². The van der Waals surface area contributed by atoms with E-state index in [4.69, 9.17) is 17.3 Å². The van der Waals surface area contributed by atoms with Crippen molar-refractivity contribution in [1.82, 2.24) is 15.1 Å². The van der Waals surface area contributed by atoms with Crippen molar-refractivity contribution >= 4 is 17.5 Å². The van der Waals surface area contributed by atoms with Gasteiger partial charge in [0, 0.05) is 6.54 Å². The molecular weight excluding hydrogens is 276 g/mol. The first-order chi connectivity index (χ1) is 9.65. The van der Waals surface area contributed by atoms with Crippen LogP contribution in [0.1, 0.15) is 22.5 Å². The quantitative estimate of drug-likeness (QED) is 0.827. The van der Waals surface area contributed by atoms with Crippen LogP contribution in [-0.4, -0.2) is 28.8 Å². The predicted octanol–water partition coefficient (Wildman–Crippen LogP) is 1.91. The molecule has 0 radical (unpaired) electrons. The van der Waals surface area contributed by atoms with Crippen LogP contribution in [0.3, 0.4) is 0 Å². The lowest BCUT2D eigenvalue weighted by Crippen LogP contribution is -2.26. The Balaban J connectivity index is 2.23. The van der Waals surface area contributed by atoms with Crippen LogP contribution in [0.4, 0.5) is 0 Å². The Labute approximate surface area is 122 Å². The molecule has 0 atom stereocenters. The Bertz CT molecular complexity index is 609. The van der Waals surface area contributed by atoms with Crippen LogP contribution in [0.5, 0.6) is 0 Å². The molecule has 0 fully saturated rings. The number of halogens is 1. The first kappa shape index (κ1) is 14.6. The van der Waals surface area contributed by atoms with Gasteiger partial charge in [-0.15, -0.1) is 0 Å². The van der Waals surface area contributed by atoms with E-state index in [0.717, 1.165) is 17.8 Å². The summed E-state index contributed by atoms with van der Waals surface area (Å²) in [5, 5.41) is 7.65. The molecule has 1 heterocycles. The summed E-state index contributed by atoms with van der Waals surface area (Å²) in [5.74, 6) is -0.144. The summed E-state index contributed by atoms with van der Waals surface area (Å²) in [5.41, 5.74) is 7.45. The van der Waals surface area contributed by atoms with Gasteiger partial charge in [-0.2, -0.15) is 5.10 Å². The highest BCUT2D eigenvalue weighted by Crippen LogP contribution is 2.21. The van der Waals surface area contributed by atoms with Gasteiger partial charge in [-0.05, 0) is 32.0 Å². The molecule has 5 nitrogen and oxygen atoms in total. The van der Waals surface area contributed by atoms with Crippen molar-refractivity contribution < 1.29 is 4.79 Å². The van der Waals surface area contributed by atoms with Gasteiger partial charge >= 0.3 is 0 Å². The lowest BCUT2D eigenvalue weighted by atomic mass is 10.2. The smallest absolute Gasteiger partial charge is 0.254 e. The maximum Gasteiger partial charge on any atom is 0.254 e. The standard InChI is InChI=1S/C14H17ClN4O/c1-10-11(14(20)17-8-4-7-16)9-18-19(10)13-6-3-2-5-12(13)15/h2-3,5-6,9H,4,7-8,16H2,1H3,(H,17,20). The zero-order valence-corrected chi connectivity index (χ0v) is 12.0. The first-order valence-corrected chi connectivity index (χ1v) is 6.80. The third kappa shape index (κ3) is 3.00. The molecule has 0 bridgehead atoms. The number of nitrogens with two attached hydrogens (primary N) is 1. The van der Waals surface area contributed by atoms with Crippen LogP contribution < -0.4 is 11.1 Å². The molecule has 3 N–H and O–H groups in total. The van der Waals surface area contributed by atoms with Crippen molar-refractivity contribution in [3.05, 3.63) is 46.7 Å². The summed E-state index contributed by atoms with van der Waals surface area (Å²) in [7, 11) is 0. The van der Waals surface area contributed by atoms with Crippen LogP contribution in [0.2, 0.25) is 5.02 Å². The number of amides is 1. The molecule has 0 aliphatic carbocycles. The first-order valence-electron chi connectivity index (χ1n) is 6.43. The molecule has 1 aromatic carbocycles. The summed E-state index contributed by atoms with van der Waals surface area (Å²) in [6.45, 7) is 2.96. The fourth-order valence-electron chi connectivity index (χ4n) is 1.90. The number of hydrogen-bond donors (Lipinski definition) is 2. The minimum absolute atomic E-state index is 0.144. The third-order valence-electron chi connectivity index (χ3n) is 3.00. The summed E-state index contributed by atoms with van der Waals surface area (Å²) in [4.78, 5) is 12.0. The maximum absolute atomic E-state index is 12.0. The van der Waals surface area contributed by atoms with Gasteiger partial charge in [-0.3, -0.25) is 4.79 Å². The largest absolute Gasteiger partial charge is 0.352 e. The molecule has 1 amide bonds. The number of carbonyl (C=O) groups is 1. The lowest BCUT2D eigenvalue weighted by Gasteiger charge is -2.07. The number of para-hydroxylation sites is 1. The summed E-state index contributed by atoms with van der Waals surface area (Å²) >= 11 is 6.15. The number of benzene rings is 1. The van der Waals surface area contributed by atoms with E-state index in [-0.39, 0.29) is 5.91 Å². The van der Waals surface area contributed by atoms with Crippen molar-refractivity contribution in [3.8, 4) is 5.69 Å². The Morgan fingerprint density at radius 3 is 2.90 bits per heavy atom. The number of nitrogens with zero attached hydrogens (tertiary/aromatic N) is 2. The van der Waals surface area contributed by atoms with Crippen molar-refractivity contribution in [2.75, 3.05) is 13.1 Å². The Morgan fingerprint density at radius 1 is 1.45 bits per heavy atom. The summed E-state index contributed by atoms with van der Waals surface area (Å²) in [6, 6.07) is 7.38. The van der Waals surface area contributed by atoms with E-state index in [2.05, 4.69) is 10.4 Å². The van der Waals surface area contributed by atoms with Crippen molar-refractivity contribution in [2.24, 2.45) is 5.73 Å². The average Bonchev–Trinajstić information content (AvgIpc) is 2.81. The van der Waals surface area contributed by atoms with E-state index >= 15 is 0 Å². The van der Waals surface area contributed by atoms with Crippen molar-refractivity contribution in [3.63, 3.8) is 0 Å². The second-order valence-corrected chi connectivity index (χ2v) is 4.81. The van der Waals surface area contributed by atoms with E-state index in [0.29, 0.717) is 23.7 Å². The molecule has 20 heavy (non-hydrogen) atoms. The molecule has 0 unspecified atom stereocenters. The molecule has 106 valence electrons. The van der Waals surface area contributed by atoms with Crippen LogP contribution >= 0.6 is 11.6 Å². The molecule has 6 heteroatoms. The highest BCUT2D eigenvalue weighted by Gasteiger charge is 2.15. The zero-order valence-electron chi connectivity index (χ0n) is 11.3. The predicted molar refractivity (Wildman–Crippen MR) is 79.3 cm³/mol. The number of nitrogens with one attached hydrogen (secondary N) is 1. The highest BCUT2D eigenvalue weighted by molar-refractivity contribution is 6.32. The zero-order chi connectivity index (χ0) is 14.5. The van der Waals surface area contributed by atoms with E-state index in [9.17, 15) is 4.79 Å². The third-order valence-corrected chi connectivity index (χ3v) is 3.32. The molecule has 0 aliphatic rings. The van der Waals surface area contributed by atoms with Crippen LogP contribution in [0.15, 0.2) is 30.5 Å². The highest BCUT2D eigenvalue weighted by atomic mass is 35.5. The van der Waals surface area contributed by atoms with Gasteiger partial charge in [0.05, 0.1) is 28.2 Å². The minimum atomic E-state index is -0.144. The summed E-state index contributed by atoms with van der Waals surface area (Å²) < 4.78 is 1.67. The Kier molecular flexibility index (Phi) is 4.76. The fourth-order valence-corrected chi connectivity index (χ4v) is 2.11. The van der Waals surface area contributed by atoms with Crippen LogP contribution in [0.25, 0.3) is 5.69 Å². The van der Waals surface area contributed by atoms with Gasteiger partial charge in [-0.25, -0.2) is 4.68 Å². The van der Waals surface area contributed by atoms with E-state index in [1.165, 1.54) is 0 Å². The van der Waals surface area contributed by atoms with Crippen molar-refractivity contribution in [1.29, 1.82) is 0 Å². The van der Waals surface area contributed by atoms with Crippen LogP contribution in [0, 0.1) is 6.92 Å². The number of aromatic nitrogens is 2. The Hall–Kier alpha value is -1.85. The van der Waals surface area contributed by atoms with Gasteiger partial charge < -0.3 is 11.1 Å². The molecular formula is C14H17ClN4O. The van der Waals surface area contributed by atoms with Gasteiger partial charge in [-0.1, -0.05) is 23.7 Å². The molecule has 0 saturated heterocycles. The molecule has 0 aliphatic heterocycles. The van der Waals surface area contributed by atoms with E-state index in [1.807, 2.05) is 25.1 Å². The molecule has 2 aromatic rings. The minimum Gasteiger partial charge on any atom is -0.352 e. The van der Waals surface area contributed by atoms with Gasteiger partial charge in [0.2, 0.25) is 0 Å². The summed E-state index contributed by atoms with van der Waals surface area (Å²) in [6.07, 6.45) is 2.31. The topological polar surface area (TPSA) is 72.9 Å². The monoisotopic (exact) mass is 292 g/mol. The molecule has 0 spiro atoms. The Morgan fingerprint density at radius 2 is 2.20 bits per heavy atom. The lowest BCUT2D eigenvalue weighted by molar-refractivity contribution is 0.0953. The number of rotatable bonds is 5. The van der Waals surface area contributed by atoms with Crippen LogP contribution in [-0.2, 0) is 0 Å². The molecule has 1 aromatic heterocycles. The average molecular weight is 293 g/mol. The van der Waals surface area contributed by atoms with Gasteiger partial charge in [0.1, 0.15) is 0 Å². The molecule has 2 rings (SSSR count). The second-order valence-electron chi connectivity index (χ2n) is 4.40. The van der Waals surface area contributed by atoms with E-state index in [1.54, 1.807) is 16.9 Å². The molecule has 0 saturated carbocycles. The fraction of sp³-hybridized carbons (Fsp3) is 0.286. The second kappa shape index (κ2) is 6.54. The van der Waals surface area contributed by atoms with Gasteiger partial charge in [0.25, 0.3) is 5.91 Å². The maximum atomic E-state index is 12.0.